The SMILES string of the molecule is CCN1CCN(c2cc(-c3ccccc3)nc3ncnn23)CC1. The number of likely N-dealkylation sites (N-methyl/N-ethyl adjacent to an activating group) is 1. The van der Waals surface area contributed by atoms with Crippen LogP contribution < -0.4 is 4.90 Å². The Kier molecular flexibility index (Phi) is 3.67. The van der Waals surface area contributed by atoms with Gasteiger partial charge in [-0.05, 0) is 6.54 Å². The average molecular weight is 308 g/mol. The van der Waals surface area contributed by atoms with Gasteiger partial charge in [-0.1, -0.05) is 37.3 Å². The molecule has 1 aromatic carbocycles. The molecule has 0 saturated carbocycles. The van der Waals surface area contributed by atoms with Crippen LogP contribution in [0.2, 0.25) is 0 Å². The maximum absolute atomic E-state index is 4.64. The molecule has 3 aromatic rings. The zero-order chi connectivity index (χ0) is 15.6. The van der Waals surface area contributed by atoms with Crippen molar-refractivity contribution >= 4 is 11.6 Å². The van der Waals surface area contributed by atoms with E-state index >= 15 is 0 Å². The van der Waals surface area contributed by atoms with Gasteiger partial charge >= 0.3 is 0 Å². The van der Waals surface area contributed by atoms with Gasteiger partial charge in [0.25, 0.3) is 5.78 Å². The average Bonchev–Trinajstić information content (AvgIpc) is 3.10. The Morgan fingerprint density at radius 1 is 1.04 bits per heavy atom. The molecule has 0 N–H and O–H groups in total. The molecule has 1 fully saturated rings. The molecule has 0 aliphatic carbocycles. The topological polar surface area (TPSA) is 49.6 Å². The normalized spacial score (nSPS) is 16.1. The molecule has 0 unspecified atom stereocenters. The maximum atomic E-state index is 4.64. The summed E-state index contributed by atoms with van der Waals surface area (Å²) >= 11 is 0. The third-order valence-electron chi connectivity index (χ3n) is 4.45. The van der Waals surface area contributed by atoms with Crippen LogP contribution in [0, 0.1) is 0 Å². The van der Waals surface area contributed by atoms with E-state index in [9.17, 15) is 0 Å². The van der Waals surface area contributed by atoms with Crippen LogP contribution in [0.25, 0.3) is 17.0 Å². The molecule has 6 nitrogen and oxygen atoms in total. The van der Waals surface area contributed by atoms with Gasteiger partial charge in [-0.2, -0.15) is 14.6 Å². The van der Waals surface area contributed by atoms with Crippen LogP contribution >= 0.6 is 0 Å². The van der Waals surface area contributed by atoms with E-state index in [1.807, 2.05) is 22.7 Å². The van der Waals surface area contributed by atoms with Crippen LogP contribution in [0.3, 0.4) is 0 Å². The van der Waals surface area contributed by atoms with E-state index in [1.165, 1.54) is 0 Å². The quantitative estimate of drug-likeness (QED) is 0.740. The van der Waals surface area contributed by atoms with Gasteiger partial charge in [-0.25, -0.2) is 4.98 Å². The van der Waals surface area contributed by atoms with Crippen molar-refractivity contribution in [3.8, 4) is 11.3 Å². The molecule has 1 aliphatic heterocycles. The Morgan fingerprint density at radius 2 is 1.83 bits per heavy atom. The molecule has 2 aromatic heterocycles. The van der Waals surface area contributed by atoms with E-state index in [2.05, 4.69) is 50.0 Å². The highest BCUT2D eigenvalue weighted by Crippen LogP contribution is 2.24. The fourth-order valence-corrected chi connectivity index (χ4v) is 3.07. The zero-order valence-electron chi connectivity index (χ0n) is 13.3. The molecular weight excluding hydrogens is 288 g/mol. The minimum atomic E-state index is 0.652. The molecule has 1 saturated heterocycles. The van der Waals surface area contributed by atoms with Gasteiger partial charge in [-0.3, -0.25) is 0 Å². The monoisotopic (exact) mass is 308 g/mol. The molecular formula is C17H20N6. The molecule has 0 radical (unpaired) electrons. The summed E-state index contributed by atoms with van der Waals surface area (Å²) in [5, 5.41) is 4.36. The summed E-state index contributed by atoms with van der Waals surface area (Å²) in [6.45, 7) is 7.48. The van der Waals surface area contributed by atoms with E-state index in [-0.39, 0.29) is 0 Å². The van der Waals surface area contributed by atoms with Crippen LogP contribution in [0.1, 0.15) is 6.92 Å². The number of hydrogen-bond donors (Lipinski definition) is 0. The lowest BCUT2D eigenvalue weighted by atomic mass is 10.1. The Balaban J connectivity index is 1.75. The highest BCUT2D eigenvalue weighted by molar-refractivity contribution is 5.65. The largest absolute Gasteiger partial charge is 0.354 e. The van der Waals surface area contributed by atoms with Crippen molar-refractivity contribution in [2.24, 2.45) is 0 Å². The summed E-state index contributed by atoms with van der Waals surface area (Å²) in [6.07, 6.45) is 1.57. The van der Waals surface area contributed by atoms with Gasteiger partial charge < -0.3 is 9.80 Å². The predicted octanol–water partition coefficient (Wildman–Crippen LogP) is 1.93. The highest BCUT2D eigenvalue weighted by Gasteiger charge is 2.20. The first kappa shape index (κ1) is 14.1. The number of rotatable bonds is 3. The van der Waals surface area contributed by atoms with Crippen molar-refractivity contribution in [2.45, 2.75) is 6.92 Å². The first-order valence-corrected chi connectivity index (χ1v) is 8.08. The molecule has 0 spiro atoms. The molecule has 23 heavy (non-hydrogen) atoms. The molecule has 6 heteroatoms. The Hall–Kier alpha value is -2.47. The van der Waals surface area contributed by atoms with E-state index in [1.54, 1.807) is 6.33 Å². The van der Waals surface area contributed by atoms with E-state index in [0.717, 1.165) is 49.8 Å². The van der Waals surface area contributed by atoms with Gasteiger partial charge in [0.2, 0.25) is 0 Å². The summed E-state index contributed by atoms with van der Waals surface area (Å²) < 4.78 is 1.84. The van der Waals surface area contributed by atoms with Gasteiger partial charge in [0.1, 0.15) is 12.1 Å². The first-order valence-electron chi connectivity index (χ1n) is 8.08. The molecule has 4 rings (SSSR count). The fraction of sp³-hybridized carbons (Fsp3) is 0.353. The lowest BCUT2D eigenvalue weighted by Crippen LogP contribution is -2.46. The van der Waals surface area contributed by atoms with Crippen molar-refractivity contribution in [1.29, 1.82) is 0 Å². The van der Waals surface area contributed by atoms with Crippen molar-refractivity contribution in [3.63, 3.8) is 0 Å². The molecule has 3 heterocycles. The van der Waals surface area contributed by atoms with Gasteiger partial charge in [0.15, 0.2) is 0 Å². The second kappa shape index (κ2) is 5.96. The summed E-state index contributed by atoms with van der Waals surface area (Å²) in [5.41, 5.74) is 2.05. The zero-order valence-corrected chi connectivity index (χ0v) is 13.3. The van der Waals surface area contributed by atoms with Crippen LogP contribution in [0.5, 0.6) is 0 Å². The molecule has 118 valence electrons. The molecule has 1 aliphatic rings. The van der Waals surface area contributed by atoms with E-state index < -0.39 is 0 Å². The van der Waals surface area contributed by atoms with Crippen molar-refractivity contribution in [3.05, 3.63) is 42.7 Å². The molecule has 0 atom stereocenters. The molecule has 0 bridgehead atoms. The van der Waals surface area contributed by atoms with Crippen molar-refractivity contribution in [2.75, 3.05) is 37.6 Å². The Morgan fingerprint density at radius 3 is 2.57 bits per heavy atom. The summed E-state index contributed by atoms with van der Waals surface area (Å²) in [6, 6.07) is 12.4. The summed E-state index contributed by atoms with van der Waals surface area (Å²) in [5.74, 6) is 1.72. The van der Waals surface area contributed by atoms with Crippen LogP contribution in [-0.2, 0) is 0 Å². The maximum Gasteiger partial charge on any atom is 0.254 e. The summed E-state index contributed by atoms with van der Waals surface area (Å²) in [7, 11) is 0. The number of fused-ring (bicyclic) bond motifs is 1. The second-order valence-electron chi connectivity index (χ2n) is 5.76. The number of anilines is 1. The third-order valence-corrected chi connectivity index (χ3v) is 4.45. The molecule has 0 amide bonds. The number of hydrogen-bond acceptors (Lipinski definition) is 5. The minimum absolute atomic E-state index is 0.652. The van der Waals surface area contributed by atoms with Crippen LogP contribution in [-0.4, -0.2) is 57.2 Å². The lowest BCUT2D eigenvalue weighted by molar-refractivity contribution is 0.270. The third kappa shape index (κ3) is 2.66. The van der Waals surface area contributed by atoms with Crippen molar-refractivity contribution in [1.82, 2.24) is 24.5 Å². The minimum Gasteiger partial charge on any atom is -0.354 e. The number of piperazine rings is 1. The van der Waals surface area contributed by atoms with E-state index in [0.29, 0.717) is 5.78 Å². The number of aromatic nitrogens is 4. The second-order valence-corrected chi connectivity index (χ2v) is 5.76. The lowest BCUT2D eigenvalue weighted by Gasteiger charge is -2.35. The number of nitrogens with zero attached hydrogens (tertiary/aromatic N) is 6. The Bertz CT molecular complexity index is 789. The van der Waals surface area contributed by atoms with Gasteiger partial charge in [0, 0.05) is 37.8 Å². The summed E-state index contributed by atoms with van der Waals surface area (Å²) in [4.78, 5) is 13.8. The highest BCUT2D eigenvalue weighted by atomic mass is 15.4. The van der Waals surface area contributed by atoms with Gasteiger partial charge in [-0.15, -0.1) is 0 Å². The fourth-order valence-electron chi connectivity index (χ4n) is 3.07. The van der Waals surface area contributed by atoms with Crippen molar-refractivity contribution < 1.29 is 0 Å². The van der Waals surface area contributed by atoms with Crippen LogP contribution in [0.15, 0.2) is 42.7 Å². The Labute approximate surface area is 135 Å². The van der Waals surface area contributed by atoms with E-state index in [4.69, 9.17) is 0 Å². The number of benzene rings is 1. The standard InChI is InChI=1S/C17H20N6/c1-2-21-8-10-22(11-9-21)16-12-15(14-6-4-3-5-7-14)20-17-18-13-19-23(16)17/h3-7,12-13H,2,8-11H2,1H3. The smallest absolute Gasteiger partial charge is 0.254 e. The first-order chi connectivity index (χ1) is 11.3. The predicted molar refractivity (Wildman–Crippen MR) is 90.5 cm³/mol. The van der Waals surface area contributed by atoms with Crippen LogP contribution in [0.4, 0.5) is 5.82 Å². The van der Waals surface area contributed by atoms with Gasteiger partial charge in [0.05, 0.1) is 5.69 Å².